The van der Waals surface area contributed by atoms with E-state index < -0.39 is 29.2 Å². The lowest BCUT2D eigenvalue weighted by Crippen LogP contribution is -2.63. The first-order valence-corrected chi connectivity index (χ1v) is 16.9. The molecule has 1 aliphatic carbocycles. The third kappa shape index (κ3) is 8.66. The number of halogens is 4. The third-order valence-corrected chi connectivity index (χ3v) is 9.41. The number of fused-ring (bicyclic) bond motifs is 2. The summed E-state index contributed by atoms with van der Waals surface area (Å²) in [6.45, 7) is 2.67. The number of amides is 2. The van der Waals surface area contributed by atoms with Gasteiger partial charge in [0.15, 0.2) is 17.4 Å². The van der Waals surface area contributed by atoms with E-state index in [9.17, 15) is 22.8 Å². The molecule has 6 rings (SSSR count). The smallest absolute Gasteiger partial charge is 0.290 e. The highest BCUT2D eigenvalue weighted by molar-refractivity contribution is 6.31. The summed E-state index contributed by atoms with van der Waals surface area (Å²) in [5.41, 5.74) is 10.4. The Hall–Kier alpha value is -4.39. The summed E-state index contributed by atoms with van der Waals surface area (Å²) in [6.07, 6.45) is 3.43. The molecule has 50 heavy (non-hydrogen) atoms. The van der Waals surface area contributed by atoms with Crippen molar-refractivity contribution in [2.45, 2.75) is 69.7 Å². The highest BCUT2D eigenvalue weighted by Crippen LogP contribution is 2.38. The Bertz CT molecular complexity index is 1730. The Balaban J connectivity index is 0.00000156. The van der Waals surface area contributed by atoms with Crippen LogP contribution in [-0.4, -0.2) is 77.1 Å². The van der Waals surface area contributed by atoms with E-state index in [1.165, 1.54) is 0 Å². The first-order valence-electron chi connectivity index (χ1n) is 16.5. The zero-order valence-electron chi connectivity index (χ0n) is 27.6. The number of aryl methyl sites for hydroxylation is 1. The average molecular weight is 713 g/mol. The monoisotopic (exact) mass is 712 g/mol. The molecular formula is C37H40ClF3N4O5. The number of piperazine rings is 1. The number of carbonyl (C=O) groups excluding carboxylic acids is 2. The quantitative estimate of drug-likeness (QED) is 0.139. The summed E-state index contributed by atoms with van der Waals surface area (Å²) in [4.78, 5) is 39.6. The van der Waals surface area contributed by atoms with Crippen LogP contribution >= 0.6 is 11.6 Å². The van der Waals surface area contributed by atoms with Gasteiger partial charge in [-0.05, 0) is 79.5 Å². The summed E-state index contributed by atoms with van der Waals surface area (Å²) in [6, 6.07) is 16.1. The predicted octanol–water partition coefficient (Wildman–Crippen LogP) is 5.33. The first kappa shape index (κ1) is 36.9. The van der Waals surface area contributed by atoms with Gasteiger partial charge in [0.1, 0.15) is 0 Å². The van der Waals surface area contributed by atoms with Crippen molar-refractivity contribution in [2.75, 3.05) is 19.7 Å². The maximum atomic E-state index is 14.6. The van der Waals surface area contributed by atoms with E-state index in [1.807, 2.05) is 53.4 Å². The molecule has 9 nitrogen and oxygen atoms in total. The maximum Gasteiger partial charge on any atom is 0.290 e. The van der Waals surface area contributed by atoms with E-state index in [-0.39, 0.29) is 43.0 Å². The second kappa shape index (κ2) is 16.5. The molecule has 0 radical (unpaired) electrons. The molecule has 3 atom stereocenters. The zero-order chi connectivity index (χ0) is 35.9. The highest BCUT2D eigenvalue weighted by Gasteiger charge is 2.43. The van der Waals surface area contributed by atoms with Crippen LogP contribution in [0.5, 0.6) is 5.75 Å². The molecule has 1 saturated heterocycles. The van der Waals surface area contributed by atoms with Crippen molar-refractivity contribution in [3.63, 3.8) is 0 Å². The Labute approximate surface area is 293 Å². The van der Waals surface area contributed by atoms with Crippen LogP contribution < -0.4 is 15.8 Å². The molecule has 3 aliphatic rings. The molecule has 13 heteroatoms. The van der Waals surface area contributed by atoms with Gasteiger partial charge in [-0.15, -0.1) is 0 Å². The van der Waals surface area contributed by atoms with Crippen molar-refractivity contribution in [3.05, 3.63) is 105 Å². The Morgan fingerprint density at radius 3 is 2.42 bits per heavy atom. The molecule has 4 N–H and O–H groups in total. The van der Waals surface area contributed by atoms with Crippen LogP contribution in [0.2, 0.25) is 5.02 Å². The Morgan fingerprint density at radius 2 is 1.76 bits per heavy atom. The topological polar surface area (TPSA) is 125 Å². The zero-order valence-corrected chi connectivity index (χ0v) is 28.3. The van der Waals surface area contributed by atoms with Crippen molar-refractivity contribution in [1.82, 2.24) is 15.1 Å². The molecule has 3 aromatic carbocycles. The number of hydrogen-bond acceptors (Lipinski definition) is 6. The van der Waals surface area contributed by atoms with E-state index >= 15 is 0 Å². The van der Waals surface area contributed by atoms with Crippen molar-refractivity contribution in [2.24, 2.45) is 5.73 Å². The molecule has 2 heterocycles. The molecule has 2 fully saturated rings. The fourth-order valence-electron chi connectivity index (χ4n) is 6.52. The Morgan fingerprint density at radius 1 is 1.08 bits per heavy atom. The summed E-state index contributed by atoms with van der Waals surface area (Å²) < 4.78 is 46.5. The summed E-state index contributed by atoms with van der Waals surface area (Å²) in [7, 11) is 0. The van der Waals surface area contributed by atoms with Gasteiger partial charge in [0.05, 0.1) is 18.7 Å². The third-order valence-electron chi connectivity index (χ3n) is 9.04. The molecule has 3 aromatic rings. The fourth-order valence-corrected chi connectivity index (χ4v) is 6.71. The summed E-state index contributed by atoms with van der Waals surface area (Å²) in [5, 5.41) is 11.1. The predicted molar refractivity (Wildman–Crippen MR) is 183 cm³/mol. The van der Waals surface area contributed by atoms with E-state index in [2.05, 4.69) is 5.32 Å². The number of nitrogens with one attached hydrogen (secondary N) is 1. The van der Waals surface area contributed by atoms with Gasteiger partial charge in [0.25, 0.3) is 12.4 Å². The number of carbonyl (C=O) groups is 3. The van der Waals surface area contributed by atoms with Crippen molar-refractivity contribution in [3.8, 4) is 5.75 Å². The summed E-state index contributed by atoms with van der Waals surface area (Å²) in [5.74, 6) is -4.36. The van der Waals surface area contributed by atoms with Gasteiger partial charge < -0.3 is 30.7 Å². The highest BCUT2D eigenvalue weighted by atomic mass is 35.5. The lowest BCUT2D eigenvalue weighted by atomic mass is 9.82. The average Bonchev–Trinajstić information content (AvgIpc) is 3.94. The van der Waals surface area contributed by atoms with Crippen LogP contribution in [0.15, 0.2) is 66.2 Å². The van der Waals surface area contributed by atoms with Gasteiger partial charge in [-0.1, -0.05) is 54.1 Å². The van der Waals surface area contributed by atoms with Crippen LogP contribution in [0.3, 0.4) is 0 Å². The SMILES string of the molecule is C[C@H](N)C(=O)N1C[C@@H]2CC(c3ccc(CCCOc4c(F)ccc(F)c4F)cc3)=C(C(=O)N(Cc3ccccc3Cl)C3CC3)[C@H](C1)N2.O=CO. The molecular weight excluding hydrogens is 673 g/mol. The van der Waals surface area contributed by atoms with Crippen LogP contribution in [0.4, 0.5) is 13.2 Å². The summed E-state index contributed by atoms with van der Waals surface area (Å²) >= 11 is 6.51. The van der Waals surface area contributed by atoms with Gasteiger partial charge in [-0.25, -0.2) is 8.78 Å². The van der Waals surface area contributed by atoms with E-state index in [0.717, 1.165) is 47.2 Å². The van der Waals surface area contributed by atoms with Gasteiger partial charge in [-0.2, -0.15) is 4.39 Å². The number of ether oxygens (including phenoxy) is 1. The number of nitrogens with zero attached hydrogens (tertiary/aromatic N) is 2. The van der Waals surface area contributed by atoms with Gasteiger partial charge >= 0.3 is 0 Å². The number of hydrogen-bond donors (Lipinski definition) is 3. The molecule has 2 aliphatic heterocycles. The lowest BCUT2D eigenvalue weighted by Gasteiger charge is -2.45. The van der Waals surface area contributed by atoms with Crippen LogP contribution in [-0.2, 0) is 27.3 Å². The van der Waals surface area contributed by atoms with Crippen LogP contribution in [0, 0.1) is 17.5 Å². The standard InChI is InChI=1S/C36H38ClF3N4O3.CH2O2/c1-21(41)35(45)43-19-25-17-27(23-10-8-22(9-11-23)5-4-16-47-34-30(39)15-14-29(38)33(34)40)32(31(20-43)42-25)36(46)44(26-12-13-26)18-24-6-2-3-7-28(24)37;2-1-3/h2-3,6-11,14-15,21,25-26,31,42H,4-5,12-13,16-20,41H2,1H3;1H,(H,2,3)/t21-,25-,31-;/m0./s1. The number of rotatable bonds is 11. The Kier molecular flexibility index (Phi) is 12.2. The second-order valence-electron chi connectivity index (χ2n) is 12.7. The first-order chi connectivity index (χ1) is 24.0. The molecule has 0 unspecified atom stereocenters. The van der Waals surface area contributed by atoms with Crippen molar-refractivity contribution >= 4 is 35.5 Å². The van der Waals surface area contributed by atoms with Crippen LogP contribution in [0.25, 0.3) is 5.57 Å². The largest absolute Gasteiger partial charge is 0.488 e. The maximum absolute atomic E-state index is 14.6. The van der Waals surface area contributed by atoms with E-state index in [1.54, 1.807) is 11.8 Å². The minimum Gasteiger partial charge on any atom is -0.488 e. The van der Waals surface area contributed by atoms with Crippen molar-refractivity contribution < 1.29 is 37.4 Å². The van der Waals surface area contributed by atoms with Gasteiger partial charge in [0, 0.05) is 42.3 Å². The van der Waals surface area contributed by atoms with Crippen molar-refractivity contribution in [1.29, 1.82) is 0 Å². The van der Waals surface area contributed by atoms with Gasteiger partial charge in [-0.3, -0.25) is 14.4 Å². The second-order valence-corrected chi connectivity index (χ2v) is 13.1. The van der Waals surface area contributed by atoms with E-state index in [0.29, 0.717) is 49.5 Å². The molecule has 266 valence electrons. The van der Waals surface area contributed by atoms with Crippen LogP contribution in [0.1, 0.15) is 49.3 Å². The molecule has 0 spiro atoms. The van der Waals surface area contributed by atoms with Gasteiger partial charge in [0.2, 0.25) is 11.7 Å². The molecule has 2 bridgehead atoms. The number of carboxylic acid groups (broad SMARTS) is 1. The number of benzene rings is 3. The van der Waals surface area contributed by atoms with E-state index in [4.69, 9.17) is 32.0 Å². The molecule has 2 amide bonds. The number of nitrogens with two attached hydrogens (primary N) is 1. The molecule has 1 saturated carbocycles. The fraction of sp³-hybridized carbons (Fsp3) is 0.378. The lowest BCUT2D eigenvalue weighted by molar-refractivity contribution is -0.135. The minimum absolute atomic E-state index is 0.0109. The normalized spacial score (nSPS) is 18.9. The minimum atomic E-state index is -1.34. The molecule has 0 aromatic heterocycles.